The Kier molecular flexibility index (Phi) is 4.00. The molecule has 1 fully saturated rings. The number of likely N-dealkylation sites (tertiary alicyclic amines) is 1. The van der Waals surface area contributed by atoms with Gasteiger partial charge < -0.3 is 10.6 Å². The monoisotopic (exact) mass is 302 g/mol. The fourth-order valence-electron chi connectivity index (χ4n) is 2.11. The van der Waals surface area contributed by atoms with Gasteiger partial charge >= 0.3 is 0 Å². The maximum absolute atomic E-state index is 12.1. The minimum atomic E-state index is 0.210. The molecule has 0 aromatic carbocycles. The zero-order valence-electron chi connectivity index (χ0n) is 8.99. The fourth-order valence-corrected chi connectivity index (χ4v) is 3.58. The van der Waals surface area contributed by atoms with Crippen LogP contribution in [0.3, 0.4) is 0 Å². The largest absolute Gasteiger partial charge is 0.338 e. The molecule has 0 bridgehead atoms. The van der Waals surface area contributed by atoms with Crippen molar-refractivity contribution in [3.8, 4) is 0 Å². The summed E-state index contributed by atoms with van der Waals surface area (Å²) in [5.74, 6) is 0.210. The molecule has 2 N–H and O–H groups in total. The smallest absolute Gasteiger partial charge is 0.228 e. The molecule has 1 unspecified atom stereocenters. The molecule has 0 aliphatic carbocycles. The number of nitrogens with zero attached hydrogens (tertiary/aromatic N) is 1. The van der Waals surface area contributed by atoms with Crippen LogP contribution >= 0.6 is 27.3 Å². The quantitative estimate of drug-likeness (QED) is 0.928. The van der Waals surface area contributed by atoms with Crippen LogP contribution in [0.2, 0.25) is 0 Å². The molecule has 1 saturated heterocycles. The van der Waals surface area contributed by atoms with Crippen LogP contribution in [0.4, 0.5) is 0 Å². The summed E-state index contributed by atoms with van der Waals surface area (Å²) in [6.07, 6.45) is 2.64. The zero-order chi connectivity index (χ0) is 11.5. The number of halogens is 1. The molecular weight excluding hydrogens is 288 g/mol. The lowest BCUT2D eigenvalue weighted by Crippen LogP contribution is -2.40. The predicted octanol–water partition coefficient (Wildman–Crippen LogP) is 2.00. The number of rotatable bonds is 3. The topological polar surface area (TPSA) is 46.3 Å². The molecule has 3 nitrogen and oxygen atoms in total. The van der Waals surface area contributed by atoms with Gasteiger partial charge in [-0.1, -0.05) is 0 Å². The van der Waals surface area contributed by atoms with E-state index in [1.807, 2.05) is 17.0 Å². The third-order valence-electron chi connectivity index (χ3n) is 2.92. The lowest BCUT2D eigenvalue weighted by atomic mass is 10.2. The Morgan fingerprint density at radius 1 is 1.62 bits per heavy atom. The van der Waals surface area contributed by atoms with Gasteiger partial charge in [-0.05, 0) is 40.9 Å². The van der Waals surface area contributed by atoms with Gasteiger partial charge in [0.15, 0.2) is 0 Å². The van der Waals surface area contributed by atoms with Gasteiger partial charge in [0.05, 0.1) is 10.2 Å². The maximum Gasteiger partial charge on any atom is 0.228 e. The van der Waals surface area contributed by atoms with Crippen molar-refractivity contribution in [1.29, 1.82) is 0 Å². The van der Waals surface area contributed by atoms with Crippen molar-refractivity contribution in [2.75, 3.05) is 13.1 Å². The van der Waals surface area contributed by atoms with Gasteiger partial charge in [-0.3, -0.25) is 4.79 Å². The highest BCUT2D eigenvalue weighted by Gasteiger charge is 2.27. The summed E-state index contributed by atoms with van der Waals surface area (Å²) >= 11 is 5.03. The normalized spacial score (nSPS) is 20.4. The number of thiophene rings is 1. The van der Waals surface area contributed by atoms with Crippen LogP contribution in [0.1, 0.15) is 17.7 Å². The van der Waals surface area contributed by atoms with Crippen LogP contribution < -0.4 is 5.73 Å². The second-order valence-corrected chi connectivity index (χ2v) is 6.55. The molecule has 16 heavy (non-hydrogen) atoms. The Hall–Kier alpha value is -0.390. The van der Waals surface area contributed by atoms with Gasteiger partial charge in [0.1, 0.15) is 0 Å². The molecule has 0 saturated carbocycles. The van der Waals surface area contributed by atoms with E-state index >= 15 is 0 Å². The summed E-state index contributed by atoms with van der Waals surface area (Å²) < 4.78 is 1.08. The van der Waals surface area contributed by atoms with Crippen LogP contribution in [0.25, 0.3) is 0 Å². The Morgan fingerprint density at radius 2 is 2.44 bits per heavy atom. The molecule has 2 heterocycles. The van der Waals surface area contributed by atoms with Crippen molar-refractivity contribution in [2.24, 2.45) is 5.73 Å². The van der Waals surface area contributed by atoms with E-state index in [-0.39, 0.29) is 11.9 Å². The highest BCUT2D eigenvalue weighted by Crippen LogP contribution is 2.24. The second kappa shape index (κ2) is 5.29. The molecule has 88 valence electrons. The van der Waals surface area contributed by atoms with Gasteiger partial charge in [-0.2, -0.15) is 0 Å². The lowest BCUT2D eigenvalue weighted by molar-refractivity contribution is -0.131. The summed E-state index contributed by atoms with van der Waals surface area (Å²) in [6, 6.07) is 4.24. The van der Waals surface area contributed by atoms with Crippen LogP contribution in [0.5, 0.6) is 0 Å². The molecular formula is C11H15BrN2OS. The van der Waals surface area contributed by atoms with E-state index in [0.717, 1.165) is 28.0 Å². The number of carbonyl (C=O) groups is 1. The van der Waals surface area contributed by atoms with Gasteiger partial charge in [0.2, 0.25) is 5.91 Å². The van der Waals surface area contributed by atoms with Crippen LogP contribution in [0, 0.1) is 0 Å². The fraction of sp³-hybridized carbons (Fsp3) is 0.545. The van der Waals surface area contributed by atoms with E-state index in [4.69, 9.17) is 5.73 Å². The van der Waals surface area contributed by atoms with Crippen LogP contribution in [0.15, 0.2) is 15.9 Å². The number of hydrogen-bond acceptors (Lipinski definition) is 3. The van der Waals surface area contributed by atoms with E-state index in [2.05, 4.69) is 15.9 Å². The van der Waals surface area contributed by atoms with E-state index in [1.165, 1.54) is 0 Å². The minimum Gasteiger partial charge on any atom is -0.338 e. The molecule has 1 amide bonds. The van der Waals surface area contributed by atoms with Gasteiger partial charge in [0, 0.05) is 24.0 Å². The van der Waals surface area contributed by atoms with E-state index in [9.17, 15) is 4.79 Å². The third-order valence-corrected chi connectivity index (χ3v) is 4.55. The molecule has 1 aromatic rings. The molecule has 2 rings (SSSR count). The third kappa shape index (κ3) is 2.64. The Morgan fingerprint density at radius 3 is 3.06 bits per heavy atom. The van der Waals surface area contributed by atoms with E-state index in [1.54, 1.807) is 11.3 Å². The standard InChI is InChI=1S/C11H15BrN2OS/c12-10-4-3-9(16-10)6-11(15)14-5-1-2-8(14)7-13/h3-4,8H,1-2,5-7,13H2. The maximum atomic E-state index is 12.1. The SMILES string of the molecule is NCC1CCCN1C(=O)Cc1ccc(Br)s1. The molecule has 0 spiro atoms. The van der Waals surface area contributed by atoms with Crippen molar-refractivity contribution in [3.05, 3.63) is 20.8 Å². The number of hydrogen-bond donors (Lipinski definition) is 1. The molecule has 5 heteroatoms. The van der Waals surface area contributed by atoms with Crippen molar-refractivity contribution >= 4 is 33.2 Å². The van der Waals surface area contributed by atoms with Crippen LogP contribution in [-0.4, -0.2) is 29.9 Å². The number of amides is 1. The van der Waals surface area contributed by atoms with Gasteiger partial charge in [-0.25, -0.2) is 0 Å². The average Bonchev–Trinajstić information content (AvgIpc) is 2.86. The predicted molar refractivity (Wildman–Crippen MR) is 69.5 cm³/mol. The summed E-state index contributed by atoms with van der Waals surface area (Å²) in [5.41, 5.74) is 5.66. The Bertz CT molecular complexity index is 380. The number of nitrogens with two attached hydrogens (primary N) is 1. The molecule has 1 aliphatic heterocycles. The van der Waals surface area contributed by atoms with Gasteiger partial charge in [0.25, 0.3) is 0 Å². The summed E-state index contributed by atoms with van der Waals surface area (Å²) in [5, 5.41) is 0. The lowest BCUT2D eigenvalue weighted by Gasteiger charge is -2.23. The Labute approximate surface area is 108 Å². The molecule has 1 aromatic heterocycles. The summed E-state index contributed by atoms with van der Waals surface area (Å²) in [6.45, 7) is 1.45. The first-order valence-corrected chi connectivity index (χ1v) is 7.05. The molecule has 1 atom stereocenters. The first-order valence-electron chi connectivity index (χ1n) is 5.44. The van der Waals surface area contributed by atoms with Crippen LogP contribution in [-0.2, 0) is 11.2 Å². The highest BCUT2D eigenvalue weighted by molar-refractivity contribution is 9.11. The van der Waals surface area contributed by atoms with Gasteiger partial charge in [-0.15, -0.1) is 11.3 Å². The first-order chi connectivity index (χ1) is 7.70. The van der Waals surface area contributed by atoms with E-state index < -0.39 is 0 Å². The van der Waals surface area contributed by atoms with Crippen molar-refractivity contribution in [2.45, 2.75) is 25.3 Å². The van der Waals surface area contributed by atoms with E-state index in [0.29, 0.717) is 13.0 Å². The van der Waals surface area contributed by atoms with Crippen molar-refractivity contribution < 1.29 is 4.79 Å². The Balaban J connectivity index is 1.97. The molecule has 0 radical (unpaired) electrons. The van der Waals surface area contributed by atoms with Crippen molar-refractivity contribution in [3.63, 3.8) is 0 Å². The minimum absolute atomic E-state index is 0.210. The number of carbonyl (C=O) groups excluding carboxylic acids is 1. The average molecular weight is 303 g/mol. The summed E-state index contributed by atoms with van der Waals surface area (Å²) in [7, 11) is 0. The zero-order valence-corrected chi connectivity index (χ0v) is 11.4. The first kappa shape index (κ1) is 12.1. The molecule has 1 aliphatic rings. The van der Waals surface area contributed by atoms with Crippen molar-refractivity contribution in [1.82, 2.24) is 4.90 Å². The summed E-state index contributed by atoms with van der Waals surface area (Å²) in [4.78, 5) is 15.1. The second-order valence-electron chi connectivity index (χ2n) is 4.00. The highest BCUT2D eigenvalue weighted by atomic mass is 79.9.